The number of carbonyl (C=O) groups excluding carboxylic acids is 2. The summed E-state index contributed by atoms with van der Waals surface area (Å²) in [4.78, 5) is 28.2. The first-order valence-corrected chi connectivity index (χ1v) is 8.62. The van der Waals surface area contributed by atoms with Crippen LogP contribution in [0.5, 0.6) is 0 Å². The predicted octanol–water partition coefficient (Wildman–Crippen LogP) is 3.59. The number of nitrogens with zero attached hydrogens (tertiary/aromatic N) is 1. The van der Waals surface area contributed by atoms with E-state index in [1.54, 1.807) is 23.6 Å². The van der Waals surface area contributed by atoms with Gasteiger partial charge in [-0.25, -0.2) is 9.78 Å². The minimum atomic E-state index is -0.267. The van der Waals surface area contributed by atoms with Crippen LogP contribution in [0, 0.1) is 0 Å². The van der Waals surface area contributed by atoms with E-state index in [9.17, 15) is 9.59 Å². The summed E-state index contributed by atoms with van der Waals surface area (Å²) < 4.78 is 0. The van der Waals surface area contributed by atoms with Crippen LogP contribution < -0.4 is 10.6 Å². The summed E-state index contributed by atoms with van der Waals surface area (Å²) in [6, 6.07) is 5.29. The summed E-state index contributed by atoms with van der Waals surface area (Å²) in [7, 11) is 0. The molecule has 0 bridgehead atoms. The van der Waals surface area contributed by atoms with E-state index in [0.29, 0.717) is 18.7 Å². The van der Waals surface area contributed by atoms with Crippen LogP contribution in [-0.2, 0) is 6.42 Å². The van der Waals surface area contributed by atoms with Crippen LogP contribution in [0.4, 0.5) is 10.5 Å². The van der Waals surface area contributed by atoms with E-state index in [1.165, 1.54) is 0 Å². The van der Waals surface area contributed by atoms with Gasteiger partial charge >= 0.3 is 6.03 Å². The smallest absolute Gasteiger partial charge is 0.319 e. The van der Waals surface area contributed by atoms with E-state index >= 15 is 0 Å². The molecule has 0 saturated heterocycles. The van der Waals surface area contributed by atoms with Crippen molar-refractivity contribution >= 4 is 28.8 Å². The minimum absolute atomic E-state index is 0.160. The van der Waals surface area contributed by atoms with Gasteiger partial charge in [-0.1, -0.05) is 13.0 Å². The van der Waals surface area contributed by atoms with Crippen molar-refractivity contribution in [1.29, 1.82) is 0 Å². The molecule has 2 aromatic rings. The molecule has 0 saturated carbocycles. The number of hydrogen-bond donors (Lipinski definition) is 2. The van der Waals surface area contributed by atoms with Gasteiger partial charge in [-0.2, -0.15) is 0 Å². The second-order valence-electron chi connectivity index (χ2n) is 5.76. The molecule has 2 amide bonds. The maximum absolute atomic E-state index is 12.0. The quantitative estimate of drug-likeness (QED) is 0.900. The number of nitrogens with one attached hydrogen (secondary N) is 2. The number of benzene rings is 1. The summed E-state index contributed by atoms with van der Waals surface area (Å²) in [5.41, 5.74) is 2.47. The zero-order valence-corrected chi connectivity index (χ0v) is 13.8. The van der Waals surface area contributed by atoms with Gasteiger partial charge in [0.25, 0.3) is 0 Å². The molecule has 23 heavy (non-hydrogen) atoms. The van der Waals surface area contributed by atoms with Crippen LogP contribution >= 0.6 is 11.3 Å². The molecule has 0 unspecified atom stereocenters. The lowest BCUT2D eigenvalue weighted by atomic mass is 9.90. The second-order valence-corrected chi connectivity index (χ2v) is 6.68. The summed E-state index contributed by atoms with van der Waals surface area (Å²) in [5, 5.41) is 8.57. The van der Waals surface area contributed by atoms with Gasteiger partial charge in [-0.05, 0) is 30.5 Å². The molecule has 1 aliphatic rings. The SMILES string of the molecule is C[C@@H](CNC(=O)Nc1ccc2c(c1)C(=O)CCC2)c1nccs1. The molecule has 0 radical (unpaired) electrons. The number of fused-ring (bicyclic) bond motifs is 1. The number of thiazole rings is 1. The Kier molecular flexibility index (Phi) is 4.71. The Labute approximate surface area is 139 Å². The monoisotopic (exact) mass is 329 g/mol. The van der Waals surface area contributed by atoms with E-state index in [0.717, 1.165) is 29.0 Å². The Hall–Kier alpha value is -2.21. The van der Waals surface area contributed by atoms with Gasteiger partial charge in [-0.15, -0.1) is 11.3 Å². The molecule has 0 spiro atoms. The van der Waals surface area contributed by atoms with Crippen molar-refractivity contribution in [2.24, 2.45) is 0 Å². The van der Waals surface area contributed by atoms with Crippen molar-refractivity contribution < 1.29 is 9.59 Å². The standard InChI is InChI=1S/C17H19N3O2S/c1-11(16-18-7-8-23-16)10-19-17(22)20-13-6-5-12-3-2-4-15(21)14(12)9-13/h5-9,11H,2-4,10H2,1H3,(H2,19,20,22)/t11-/m0/s1. The largest absolute Gasteiger partial charge is 0.337 e. The van der Waals surface area contributed by atoms with Gasteiger partial charge in [0.2, 0.25) is 0 Å². The summed E-state index contributed by atoms with van der Waals surface area (Å²) in [6.45, 7) is 2.54. The number of aryl methyl sites for hydroxylation is 1. The Morgan fingerprint density at radius 2 is 2.26 bits per heavy atom. The van der Waals surface area contributed by atoms with Gasteiger partial charge in [0.1, 0.15) is 0 Å². The molecule has 1 aromatic carbocycles. The molecule has 1 aromatic heterocycles. The maximum Gasteiger partial charge on any atom is 0.319 e. The van der Waals surface area contributed by atoms with Crippen molar-refractivity contribution in [3.8, 4) is 0 Å². The molecule has 1 aliphatic carbocycles. The summed E-state index contributed by atoms with van der Waals surface area (Å²) >= 11 is 1.58. The first-order valence-electron chi connectivity index (χ1n) is 7.74. The lowest BCUT2D eigenvalue weighted by Crippen LogP contribution is -2.31. The van der Waals surface area contributed by atoms with Gasteiger partial charge in [0, 0.05) is 41.7 Å². The molecular formula is C17H19N3O2S. The third-order valence-corrected chi connectivity index (χ3v) is 4.97. The number of Topliss-reactive ketones (excluding diaryl/α,β-unsaturated/α-hetero) is 1. The van der Waals surface area contributed by atoms with Gasteiger partial charge < -0.3 is 10.6 Å². The normalized spacial score (nSPS) is 14.9. The average Bonchev–Trinajstić information content (AvgIpc) is 3.08. The predicted molar refractivity (Wildman–Crippen MR) is 91.3 cm³/mol. The molecule has 0 fully saturated rings. The van der Waals surface area contributed by atoms with Crippen molar-refractivity contribution in [2.45, 2.75) is 32.1 Å². The number of ketones is 1. The summed E-state index contributed by atoms with van der Waals surface area (Å²) in [5.74, 6) is 0.332. The fraction of sp³-hybridized carbons (Fsp3) is 0.353. The van der Waals surface area contributed by atoms with Crippen LogP contribution in [0.15, 0.2) is 29.8 Å². The molecule has 120 valence electrons. The lowest BCUT2D eigenvalue weighted by Gasteiger charge is -2.16. The first-order chi connectivity index (χ1) is 11.1. The maximum atomic E-state index is 12.0. The van der Waals surface area contributed by atoms with Crippen molar-refractivity contribution in [3.63, 3.8) is 0 Å². The number of hydrogen-bond acceptors (Lipinski definition) is 4. The van der Waals surface area contributed by atoms with E-state index in [4.69, 9.17) is 0 Å². The molecule has 3 rings (SSSR count). The number of amides is 2. The zero-order valence-electron chi connectivity index (χ0n) is 13.0. The molecular weight excluding hydrogens is 310 g/mol. The Balaban J connectivity index is 1.58. The molecule has 1 heterocycles. The number of urea groups is 1. The van der Waals surface area contributed by atoms with Gasteiger partial charge in [0.15, 0.2) is 5.78 Å². The zero-order chi connectivity index (χ0) is 16.2. The van der Waals surface area contributed by atoms with Gasteiger partial charge in [0.05, 0.1) is 5.01 Å². The molecule has 6 heteroatoms. The van der Waals surface area contributed by atoms with E-state index in [2.05, 4.69) is 15.6 Å². The highest BCUT2D eigenvalue weighted by Crippen LogP contribution is 2.24. The number of aromatic nitrogens is 1. The second kappa shape index (κ2) is 6.91. The minimum Gasteiger partial charge on any atom is -0.337 e. The molecule has 5 nitrogen and oxygen atoms in total. The number of anilines is 1. The number of rotatable bonds is 4. The van der Waals surface area contributed by atoms with Crippen LogP contribution in [0.1, 0.15) is 46.6 Å². The Morgan fingerprint density at radius 3 is 3.04 bits per heavy atom. The Bertz CT molecular complexity index is 713. The highest BCUT2D eigenvalue weighted by molar-refractivity contribution is 7.09. The lowest BCUT2D eigenvalue weighted by molar-refractivity contribution is 0.0972. The van der Waals surface area contributed by atoms with E-state index in [1.807, 2.05) is 24.4 Å². The topological polar surface area (TPSA) is 71.1 Å². The van der Waals surface area contributed by atoms with Crippen molar-refractivity contribution in [1.82, 2.24) is 10.3 Å². The van der Waals surface area contributed by atoms with Gasteiger partial charge in [-0.3, -0.25) is 4.79 Å². The van der Waals surface area contributed by atoms with Crippen molar-refractivity contribution in [2.75, 3.05) is 11.9 Å². The van der Waals surface area contributed by atoms with E-state index in [-0.39, 0.29) is 17.7 Å². The molecule has 1 atom stereocenters. The average molecular weight is 329 g/mol. The first kappa shape index (κ1) is 15.7. The highest BCUT2D eigenvalue weighted by atomic mass is 32.1. The fourth-order valence-corrected chi connectivity index (χ4v) is 3.39. The Morgan fingerprint density at radius 1 is 1.39 bits per heavy atom. The van der Waals surface area contributed by atoms with Crippen LogP contribution in [-0.4, -0.2) is 23.3 Å². The van der Waals surface area contributed by atoms with Crippen LogP contribution in [0.25, 0.3) is 0 Å². The summed E-state index contributed by atoms with van der Waals surface area (Å²) in [6.07, 6.45) is 4.20. The van der Waals surface area contributed by atoms with E-state index < -0.39 is 0 Å². The van der Waals surface area contributed by atoms with Crippen LogP contribution in [0.2, 0.25) is 0 Å². The fourth-order valence-electron chi connectivity index (χ4n) is 2.69. The molecule has 0 aliphatic heterocycles. The number of carbonyl (C=O) groups is 2. The molecule has 2 N–H and O–H groups in total. The van der Waals surface area contributed by atoms with Crippen molar-refractivity contribution in [3.05, 3.63) is 45.9 Å². The third-order valence-electron chi connectivity index (χ3n) is 3.96. The highest BCUT2D eigenvalue weighted by Gasteiger charge is 2.17. The van der Waals surface area contributed by atoms with Crippen LogP contribution in [0.3, 0.4) is 0 Å². The third kappa shape index (κ3) is 3.76.